The first-order valence-corrected chi connectivity index (χ1v) is 6.68. The van der Waals surface area contributed by atoms with Crippen LogP contribution in [0.25, 0.3) is 11.4 Å². The number of aromatic amines is 1. The fourth-order valence-electron chi connectivity index (χ4n) is 1.91. The molecule has 3 nitrogen and oxygen atoms in total. The van der Waals surface area contributed by atoms with Crippen molar-refractivity contribution in [3.63, 3.8) is 0 Å². The van der Waals surface area contributed by atoms with Crippen LogP contribution in [-0.4, -0.2) is 17.1 Å². The third kappa shape index (κ3) is 3.01. The van der Waals surface area contributed by atoms with Crippen LogP contribution in [0.15, 0.2) is 24.3 Å². The molecule has 0 aliphatic carbocycles. The third-order valence-corrected chi connectivity index (χ3v) is 3.21. The van der Waals surface area contributed by atoms with Crippen LogP contribution in [0, 0.1) is 11.6 Å². The Morgan fingerprint density at radius 2 is 2.00 bits per heavy atom. The monoisotopic (exact) mass is 274 g/mol. The molecule has 19 heavy (non-hydrogen) atoms. The number of hydrogen-bond donors (Lipinski definition) is 1. The summed E-state index contributed by atoms with van der Waals surface area (Å²) in [6.45, 7) is 6.28. The van der Waals surface area contributed by atoms with Crippen molar-refractivity contribution < 1.29 is 4.74 Å². The predicted octanol–water partition coefficient (Wildman–Crippen LogP) is 4.25. The van der Waals surface area contributed by atoms with Crippen molar-refractivity contribution in [3.8, 4) is 17.1 Å². The summed E-state index contributed by atoms with van der Waals surface area (Å²) in [5, 5.41) is 0. The minimum atomic E-state index is 0.375. The molecule has 1 aromatic carbocycles. The molecular formula is C15H18N2OS. The Kier molecular flexibility index (Phi) is 4.00. The maximum atomic E-state index is 5.43. The van der Waals surface area contributed by atoms with Crippen molar-refractivity contribution in [1.29, 1.82) is 0 Å². The van der Waals surface area contributed by atoms with Crippen LogP contribution in [0.5, 0.6) is 5.75 Å². The van der Waals surface area contributed by atoms with Gasteiger partial charge in [-0.2, -0.15) is 0 Å². The van der Waals surface area contributed by atoms with E-state index >= 15 is 0 Å². The lowest BCUT2D eigenvalue weighted by molar-refractivity contribution is 0.416. The van der Waals surface area contributed by atoms with Gasteiger partial charge in [0, 0.05) is 5.69 Å². The Bertz CT molecular complexity index is 647. The molecule has 0 spiro atoms. The molecule has 1 heterocycles. The van der Waals surface area contributed by atoms with Gasteiger partial charge in [-0.15, -0.1) is 0 Å². The molecule has 0 amide bonds. The number of methoxy groups -OCH3 is 1. The van der Waals surface area contributed by atoms with Crippen LogP contribution in [0.2, 0.25) is 0 Å². The smallest absolute Gasteiger partial charge is 0.142 e. The third-order valence-electron chi connectivity index (χ3n) is 3.00. The Balaban J connectivity index is 2.61. The average molecular weight is 274 g/mol. The van der Waals surface area contributed by atoms with Gasteiger partial charge in [-0.3, -0.25) is 0 Å². The van der Waals surface area contributed by atoms with Gasteiger partial charge < -0.3 is 9.72 Å². The molecule has 0 unspecified atom stereocenters. The predicted molar refractivity (Wildman–Crippen MR) is 80.2 cm³/mol. The van der Waals surface area contributed by atoms with E-state index in [0.717, 1.165) is 28.4 Å². The van der Waals surface area contributed by atoms with E-state index < -0.39 is 0 Å². The van der Waals surface area contributed by atoms with Crippen LogP contribution in [0.1, 0.15) is 31.0 Å². The summed E-state index contributed by atoms with van der Waals surface area (Å²) in [7, 11) is 1.67. The van der Waals surface area contributed by atoms with Gasteiger partial charge in [0.25, 0.3) is 0 Å². The molecule has 1 aromatic heterocycles. The first kappa shape index (κ1) is 13.7. The Morgan fingerprint density at radius 1 is 1.26 bits per heavy atom. The minimum Gasteiger partial charge on any atom is -0.496 e. The SMILES string of the molecule is COc1cc(C)ccc1-c1nc(=S)cc(C(C)C)[nH]1. The van der Waals surface area contributed by atoms with E-state index in [9.17, 15) is 0 Å². The van der Waals surface area contributed by atoms with Gasteiger partial charge in [-0.1, -0.05) is 32.1 Å². The molecule has 4 heteroatoms. The first-order chi connectivity index (χ1) is 9.01. The van der Waals surface area contributed by atoms with Crippen molar-refractivity contribution >= 4 is 12.2 Å². The number of aryl methyl sites for hydroxylation is 1. The first-order valence-electron chi connectivity index (χ1n) is 6.27. The van der Waals surface area contributed by atoms with Crippen molar-refractivity contribution in [2.75, 3.05) is 7.11 Å². The summed E-state index contributed by atoms with van der Waals surface area (Å²) >= 11 is 5.24. The van der Waals surface area contributed by atoms with Gasteiger partial charge in [0.1, 0.15) is 16.2 Å². The highest BCUT2D eigenvalue weighted by molar-refractivity contribution is 7.71. The van der Waals surface area contributed by atoms with E-state index in [1.165, 1.54) is 0 Å². The molecule has 0 radical (unpaired) electrons. The van der Waals surface area contributed by atoms with Crippen molar-refractivity contribution in [2.24, 2.45) is 0 Å². The number of nitrogens with one attached hydrogen (secondary N) is 1. The zero-order chi connectivity index (χ0) is 14.0. The van der Waals surface area contributed by atoms with Crippen LogP contribution in [0.3, 0.4) is 0 Å². The molecule has 0 fully saturated rings. The molecule has 1 N–H and O–H groups in total. The molecule has 0 saturated heterocycles. The molecule has 0 aliphatic heterocycles. The van der Waals surface area contributed by atoms with Gasteiger partial charge in [-0.25, -0.2) is 4.98 Å². The van der Waals surface area contributed by atoms with Crippen molar-refractivity contribution in [3.05, 3.63) is 40.2 Å². The fraction of sp³-hybridized carbons (Fsp3) is 0.333. The van der Waals surface area contributed by atoms with E-state index in [0.29, 0.717) is 10.6 Å². The lowest BCUT2D eigenvalue weighted by Crippen LogP contribution is -1.99. The summed E-state index contributed by atoms with van der Waals surface area (Å²) in [6, 6.07) is 7.95. The van der Waals surface area contributed by atoms with E-state index in [1.807, 2.05) is 31.2 Å². The second kappa shape index (κ2) is 5.53. The summed E-state index contributed by atoms with van der Waals surface area (Å²) in [5.74, 6) is 1.94. The van der Waals surface area contributed by atoms with Crippen LogP contribution in [-0.2, 0) is 0 Å². The summed E-state index contributed by atoms with van der Waals surface area (Å²) in [4.78, 5) is 7.74. The standard InChI is InChI=1S/C15H18N2OS/c1-9(2)12-8-14(19)17-15(16-12)11-6-5-10(3)7-13(11)18-4/h5-9H,1-4H3,(H,16,17,19). The normalized spacial score (nSPS) is 10.8. The van der Waals surface area contributed by atoms with Crippen LogP contribution < -0.4 is 4.74 Å². The molecular weight excluding hydrogens is 256 g/mol. The van der Waals surface area contributed by atoms with Crippen molar-refractivity contribution in [1.82, 2.24) is 9.97 Å². The van der Waals surface area contributed by atoms with Gasteiger partial charge in [-0.05, 0) is 36.6 Å². The van der Waals surface area contributed by atoms with Crippen molar-refractivity contribution in [2.45, 2.75) is 26.7 Å². The Hall–Kier alpha value is -1.68. The highest BCUT2D eigenvalue weighted by Crippen LogP contribution is 2.29. The van der Waals surface area contributed by atoms with E-state index in [-0.39, 0.29) is 0 Å². The largest absolute Gasteiger partial charge is 0.496 e. The van der Waals surface area contributed by atoms with Gasteiger partial charge in [0.05, 0.1) is 12.7 Å². The summed E-state index contributed by atoms with van der Waals surface area (Å²) in [6.07, 6.45) is 0. The lowest BCUT2D eigenvalue weighted by Gasteiger charge is -2.12. The van der Waals surface area contributed by atoms with Crippen LogP contribution in [0.4, 0.5) is 0 Å². The number of rotatable bonds is 3. The number of benzene rings is 1. The Labute approximate surface area is 118 Å². The number of hydrogen-bond acceptors (Lipinski definition) is 3. The molecule has 100 valence electrons. The van der Waals surface area contributed by atoms with E-state index in [4.69, 9.17) is 17.0 Å². The molecule has 2 aromatic rings. The highest BCUT2D eigenvalue weighted by atomic mass is 32.1. The lowest BCUT2D eigenvalue weighted by atomic mass is 10.1. The second-order valence-corrected chi connectivity index (χ2v) is 5.30. The number of H-pyrrole nitrogens is 1. The maximum Gasteiger partial charge on any atom is 0.142 e. The molecule has 0 atom stereocenters. The molecule has 0 aliphatic rings. The highest BCUT2D eigenvalue weighted by Gasteiger charge is 2.10. The van der Waals surface area contributed by atoms with E-state index in [2.05, 4.69) is 23.8 Å². The average Bonchev–Trinajstić information content (AvgIpc) is 2.37. The fourth-order valence-corrected chi connectivity index (χ4v) is 2.13. The summed E-state index contributed by atoms with van der Waals surface area (Å²) < 4.78 is 6.02. The minimum absolute atomic E-state index is 0.375. The Morgan fingerprint density at radius 3 is 2.63 bits per heavy atom. The quantitative estimate of drug-likeness (QED) is 0.850. The van der Waals surface area contributed by atoms with Gasteiger partial charge in [0.2, 0.25) is 0 Å². The topological polar surface area (TPSA) is 37.9 Å². The molecule has 2 rings (SSSR count). The van der Waals surface area contributed by atoms with Gasteiger partial charge in [0.15, 0.2) is 0 Å². The van der Waals surface area contributed by atoms with E-state index in [1.54, 1.807) is 7.11 Å². The number of nitrogens with zero attached hydrogens (tertiary/aromatic N) is 1. The second-order valence-electron chi connectivity index (χ2n) is 4.88. The van der Waals surface area contributed by atoms with Crippen LogP contribution >= 0.6 is 12.2 Å². The maximum absolute atomic E-state index is 5.43. The molecule has 0 bridgehead atoms. The number of aromatic nitrogens is 2. The number of ether oxygens (including phenoxy) is 1. The molecule has 0 saturated carbocycles. The summed E-state index contributed by atoms with van der Waals surface area (Å²) in [5.41, 5.74) is 3.17. The zero-order valence-corrected chi connectivity index (χ0v) is 12.5. The zero-order valence-electron chi connectivity index (χ0n) is 11.7. The van der Waals surface area contributed by atoms with Gasteiger partial charge >= 0.3 is 0 Å².